The van der Waals surface area contributed by atoms with Crippen molar-refractivity contribution in [2.45, 2.75) is 38.8 Å². The van der Waals surface area contributed by atoms with Gasteiger partial charge < -0.3 is 4.90 Å². The number of carbonyl (C=O) groups excluding carboxylic acids is 1. The Balaban J connectivity index is 1.62. The summed E-state index contributed by atoms with van der Waals surface area (Å²) < 4.78 is 0. The quantitative estimate of drug-likeness (QED) is 0.770. The molecule has 1 saturated heterocycles. The van der Waals surface area contributed by atoms with Crippen molar-refractivity contribution in [3.8, 4) is 0 Å². The lowest BCUT2D eigenvalue weighted by Crippen LogP contribution is -2.47. The molecule has 1 fully saturated rings. The van der Waals surface area contributed by atoms with E-state index in [1.807, 2.05) is 4.90 Å². The van der Waals surface area contributed by atoms with E-state index in [0.717, 1.165) is 32.5 Å². The van der Waals surface area contributed by atoms with Gasteiger partial charge in [-0.05, 0) is 30.4 Å². The summed E-state index contributed by atoms with van der Waals surface area (Å²) in [5.74, 6) is 0.224. The average molecular weight is 258 g/mol. The Morgan fingerprint density at radius 2 is 1.79 bits per heavy atom. The predicted molar refractivity (Wildman–Crippen MR) is 75.8 cm³/mol. The van der Waals surface area contributed by atoms with Crippen LogP contribution in [0.5, 0.6) is 0 Å². The van der Waals surface area contributed by atoms with E-state index < -0.39 is 0 Å². The van der Waals surface area contributed by atoms with E-state index in [9.17, 15) is 4.79 Å². The third-order valence-electron chi connectivity index (χ3n) is 4.59. The molecule has 0 spiro atoms. The zero-order valence-corrected chi connectivity index (χ0v) is 11.6. The van der Waals surface area contributed by atoms with E-state index >= 15 is 0 Å². The molecule has 2 aliphatic rings. The van der Waals surface area contributed by atoms with Crippen LogP contribution in [0.15, 0.2) is 24.3 Å². The minimum atomic E-state index is 0.224. The Bertz CT molecular complexity index is 464. The van der Waals surface area contributed by atoms with Gasteiger partial charge in [0.25, 0.3) is 0 Å². The molecule has 3 nitrogen and oxygen atoms in total. The van der Waals surface area contributed by atoms with E-state index in [-0.39, 0.29) is 5.91 Å². The van der Waals surface area contributed by atoms with Crippen molar-refractivity contribution in [3.05, 3.63) is 35.4 Å². The van der Waals surface area contributed by atoms with Gasteiger partial charge >= 0.3 is 0 Å². The molecule has 1 aromatic rings. The van der Waals surface area contributed by atoms with Crippen molar-refractivity contribution in [3.63, 3.8) is 0 Å². The number of likely N-dealkylation sites (tertiary alicyclic amines) is 1. The number of rotatable bonds is 1. The van der Waals surface area contributed by atoms with E-state index in [4.69, 9.17) is 0 Å². The summed E-state index contributed by atoms with van der Waals surface area (Å²) in [5.41, 5.74) is 3.00. The lowest BCUT2D eigenvalue weighted by atomic mass is 9.95. The maximum absolute atomic E-state index is 11.4. The molecular formula is C16H22N2O. The topological polar surface area (TPSA) is 23.6 Å². The summed E-state index contributed by atoms with van der Waals surface area (Å²) in [6.07, 6.45) is 3.42. The fraction of sp³-hybridized carbons (Fsp3) is 0.562. The maximum Gasteiger partial charge on any atom is 0.219 e. The number of nitrogens with zero attached hydrogens (tertiary/aromatic N) is 2. The lowest BCUT2D eigenvalue weighted by Gasteiger charge is -2.40. The Hall–Kier alpha value is -1.35. The number of carbonyl (C=O) groups is 1. The summed E-state index contributed by atoms with van der Waals surface area (Å²) >= 11 is 0. The summed E-state index contributed by atoms with van der Waals surface area (Å²) in [6, 6.07) is 9.45. The summed E-state index contributed by atoms with van der Waals surface area (Å²) in [6.45, 7) is 5.79. The molecule has 0 N–H and O–H groups in total. The van der Waals surface area contributed by atoms with Crippen molar-refractivity contribution in [1.82, 2.24) is 9.80 Å². The molecule has 0 saturated carbocycles. The van der Waals surface area contributed by atoms with Crippen LogP contribution in [0.3, 0.4) is 0 Å². The van der Waals surface area contributed by atoms with Crippen LogP contribution in [-0.2, 0) is 17.8 Å². The van der Waals surface area contributed by atoms with E-state index in [1.165, 1.54) is 24.1 Å². The van der Waals surface area contributed by atoms with Crippen molar-refractivity contribution in [2.75, 3.05) is 19.6 Å². The van der Waals surface area contributed by atoms with Crippen LogP contribution in [0.1, 0.15) is 30.9 Å². The van der Waals surface area contributed by atoms with Crippen LogP contribution < -0.4 is 0 Å². The second-order valence-electron chi connectivity index (χ2n) is 5.73. The molecule has 1 aromatic carbocycles. The second-order valence-corrected chi connectivity index (χ2v) is 5.73. The number of amides is 1. The highest BCUT2D eigenvalue weighted by Gasteiger charge is 2.27. The average Bonchev–Trinajstić information content (AvgIpc) is 2.47. The van der Waals surface area contributed by atoms with Crippen LogP contribution in [-0.4, -0.2) is 41.4 Å². The zero-order chi connectivity index (χ0) is 13.2. The van der Waals surface area contributed by atoms with Crippen molar-refractivity contribution >= 4 is 5.91 Å². The Kier molecular flexibility index (Phi) is 3.56. The fourth-order valence-electron chi connectivity index (χ4n) is 3.38. The highest BCUT2D eigenvalue weighted by atomic mass is 16.2. The molecule has 2 aliphatic heterocycles. The smallest absolute Gasteiger partial charge is 0.219 e. The van der Waals surface area contributed by atoms with Gasteiger partial charge in [0.2, 0.25) is 5.91 Å². The van der Waals surface area contributed by atoms with Crippen LogP contribution in [0.2, 0.25) is 0 Å². The monoisotopic (exact) mass is 258 g/mol. The van der Waals surface area contributed by atoms with Gasteiger partial charge in [0.1, 0.15) is 0 Å². The minimum absolute atomic E-state index is 0.224. The normalized spacial score (nSPS) is 21.2. The van der Waals surface area contributed by atoms with Crippen LogP contribution in [0.25, 0.3) is 0 Å². The van der Waals surface area contributed by atoms with Crippen molar-refractivity contribution < 1.29 is 4.79 Å². The Morgan fingerprint density at radius 1 is 1.11 bits per heavy atom. The number of hydrogen-bond acceptors (Lipinski definition) is 2. The molecule has 0 radical (unpaired) electrons. The molecule has 0 aromatic heterocycles. The van der Waals surface area contributed by atoms with E-state index in [2.05, 4.69) is 29.2 Å². The molecule has 0 atom stereocenters. The molecule has 1 amide bonds. The first kappa shape index (κ1) is 12.7. The van der Waals surface area contributed by atoms with Crippen molar-refractivity contribution in [1.29, 1.82) is 0 Å². The molecule has 3 rings (SSSR count). The van der Waals surface area contributed by atoms with Crippen molar-refractivity contribution in [2.24, 2.45) is 0 Å². The molecular weight excluding hydrogens is 236 g/mol. The first-order valence-electron chi connectivity index (χ1n) is 7.30. The largest absolute Gasteiger partial charge is 0.343 e. The molecule has 3 heteroatoms. The third-order valence-corrected chi connectivity index (χ3v) is 4.59. The summed E-state index contributed by atoms with van der Waals surface area (Å²) in [5, 5.41) is 0. The zero-order valence-electron chi connectivity index (χ0n) is 11.6. The van der Waals surface area contributed by atoms with Gasteiger partial charge in [0.05, 0.1) is 0 Å². The highest BCUT2D eigenvalue weighted by Crippen LogP contribution is 2.24. The number of piperidine rings is 1. The predicted octanol–water partition coefficient (Wildman–Crippen LogP) is 2.06. The standard InChI is InChI=1S/C16H22N2O/c1-13(19)17-10-7-16(8-11-17)18-9-6-14-4-2-3-5-15(14)12-18/h2-5,16H,6-12H2,1H3. The number of benzene rings is 1. The summed E-state index contributed by atoms with van der Waals surface area (Å²) in [7, 11) is 0. The number of hydrogen-bond donors (Lipinski definition) is 0. The SMILES string of the molecule is CC(=O)N1CCC(N2CCc3ccccc3C2)CC1. The Morgan fingerprint density at radius 3 is 2.47 bits per heavy atom. The molecule has 19 heavy (non-hydrogen) atoms. The van der Waals surface area contributed by atoms with Gasteiger partial charge in [-0.15, -0.1) is 0 Å². The van der Waals surface area contributed by atoms with E-state index in [1.54, 1.807) is 6.92 Å². The molecule has 0 aliphatic carbocycles. The fourth-order valence-corrected chi connectivity index (χ4v) is 3.38. The maximum atomic E-state index is 11.4. The number of fused-ring (bicyclic) bond motifs is 1. The van der Waals surface area contributed by atoms with E-state index in [0.29, 0.717) is 6.04 Å². The van der Waals surface area contributed by atoms with Gasteiger partial charge in [-0.1, -0.05) is 24.3 Å². The van der Waals surface area contributed by atoms with Gasteiger partial charge in [-0.2, -0.15) is 0 Å². The molecule has 0 unspecified atom stereocenters. The van der Waals surface area contributed by atoms with Crippen LogP contribution >= 0.6 is 0 Å². The summed E-state index contributed by atoms with van der Waals surface area (Å²) in [4.78, 5) is 15.9. The first-order valence-corrected chi connectivity index (χ1v) is 7.30. The lowest BCUT2D eigenvalue weighted by molar-refractivity contribution is -0.130. The highest BCUT2D eigenvalue weighted by molar-refractivity contribution is 5.73. The van der Waals surface area contributed by atoms with Crippen LogP contribution in [0, 0.1) is 0 Å². The Labute approximate surface area is 115 Å². The molecule has 102 valence electrons. The first-order chi connectivity index (χ1) is 9.24. The third kappa shape index (κ3) is 2.66. The second kappa shape index (κ2) is 5.33. The molecule has 0 bridgehead atoms. The van der Waals surface area contributed by atoms with Gasteiger partial charge in [0.15, 0.2) is 0 Å². The minimum Gasteiger partial charge on any atom is -0.343 e. The van der Waals surface area contributed by atoms with Gasteiger partial charge in [-0.3, -0.25) is 9.69 Å². The van der Waals surface area contributed by atoms with Gasteiger partial charge in [0, 0.05) is 39.1 Å². The molecule has 2 heterocycles. The van der Waals surface area contributed by atoms with Crippen LogP contribution in [0.4, 0.5) is 0 Å². The van der Waals surface area contributed by atoms with Gasteiger partial charge in [-0.25, -0.2) is 0 Å².